The van der Waals surface area contributed by atoms with Crippen molar-refractivity contribution in [2.75, 3.05) is 6.54 Å². The predicted molar refractivity (Wildman–Crippen MR) is 53.4 cm³/mol. The Bertz CT molecular complexity index is 318. The van der Waals surface area contributed by atoms with Gasteiger partial charge in [0.15, 0.2) is 0 Å². The van der Waals surface area contributed by atoms with Gasteiger partial charge in [-0.1, -0.05) is 24.3 Å². The third-order valence-corrected chi connectivity index (χ3v) is 3.85. The zero-order valence-corrected chi connectivity index (χ0v) is 7.79. The van der Waals surface area contributed by atoms with Crippen molar-refractivity contribution >= 4 is 0 Å². The van der Waals surface area contributed by atoms with Crippen LogP contribution >= 0.6 is 0 Å². The number of nitrogens with two attached hydrogens (primary N) is 1. The first kappa shape index (κ1) is 7.57. The molecule has 0 radical (unpaired) electrons. The Labute approximate surface area is 78.9 Å². The van der Waals surface area contributed by atoms with Crippen LogP contribution in [0.2, 0.25) is 0 Å². The number of rotatable bonds is 1. The fourth-order valence-corrected chi connectivity index (χ4v) is 2.92. The lowest BCUT2D eigenvalue weighted by molar-refractivity contribution is 0.486. The molecule has 1 nitrogen and oxygen atoms in total. The molecular formula is C12H15N. The second kappa shape index (κ2) is 2.36. The van der Waals surface area contributed by atoms with Crippen LogP contribution in [0.3, 0.4) is 0 Å². The van der Waals surface area contributed by atoms with Gasteiger partial charge in [-0.15, -0.1) is 0 Å². The molecule has 68 valence electrons. The van der Waals surface area contributed by atoms with Crippen LogP contribution in [-0.2, 0) is 12.8 Å². The Balaban J connectivity index is 1.91. The fraction of sp³-hybridized carbons (Fsp3) is 0.500. The van der Waals surface area contributed by atoms with E-state index in [0.29, 0.717) is 5.41 Å². The summed E-state index contributed by atoms with van der Waals surface area (Å²) >= 11 is 0. The number of fused-ring (bicyclic) bond motifs is 1. The van der Waals surface area contributed by atoms with Gasteiger partial charge in [0.1, 0.15) is 0 Å². The van der Waals surface area contributed by atoms with Gasteiger partial charge in [0.25, 0.3) is 0 Å². The maximum atomic E-state index is 5.72. The average molecular weight is 173 g/mol. The summed E-state index contributed by atoms with van der Waals surface area (Å²) in [5, 5.41) is 0. The van der Waals surface area contributed by atoms with Gasteiger partial charge in [-0.05, 0) is 48.3 Å². The van der Waals surface area contributed by atoms with Crippen LogP contribution in [0.4, 0.5) is 0 Å². The Morgan fingerprint density at radius 3 is 2.31 bits per heavy atom. The molecule has 0 aromatic heterocycles. The lowest BCUT2D eigenvalue weighted by atomic mass is 10.0. The van der Waals surface area contributed by atoms with Gasteiger partial charge in [-0.25, -0.2) is 0 Å². The third-order valence-electron chi connectivity index (χ3n) is 3.85. The second-order valence-corrected chi connectivity index (χ2v) is 4.62. The summed E-state index contributed by atoms with van der Waals surface area (Å²) in [4.78, 5) is 0. The lowest BCUT2D eigenvalue weighted by Crippen LogP contribution is -2.11. The molecule has 1 saturated carbocycles. The van der Waals surface area contributed by atoms with Crippen molar-refractivity contribution in [3.8, 4) is 0 Å². The molecule has 0 heterocycles. The molecule has 1 spiro atoms. The van der Waals surface area contributed by atoms with Crippen LogP contribution in [0.5, 0.6) is 0 Å². The minimum atomic E-state index is 0.596. The van der Waals surface area contributed by atoms with E-state index in [9.17, 15) is 0 Å². The predicted octanol–water partition coefficient (Wildman–Crippen LogP) is 1.75. The number of hydrogen-bond acceptors (Lipinski definition) is 1. The minimum absolute atomic E-state index is 0.596. The van der Waals surface area contributed by atoms with E-state index in [-0.39, 0.29) is 0 Å². The van der Waals surface area contributed by atoms with Crippen LogP contribution in [0.25, 0.3) is 0 Å². The second-order valence-electron chi connectivity index (χ2n) is 4.62. The van der Waals surface area contributed by atoms with E-state index < -0.39 is 0 Å². The molecular weight excluding hydrogens is 158 g/mol. The zero-order valence-electron chi connectivity index (χ0n) is 7.79. The lowest BCUT2D eigenvalue weighted by Gasteiger charge is -2.05. The van der Waals surface area contributed by atoms with Crippen molar-refractivity contribution in [3.63, 3.8) is 0 Å². The molecule has 1 atom stereocenters. The van der Waals surface area contributed by atoms with Crippen molar-refractivity contribution < 1.29 is 0 Å². The molecule has 0 bridgehead atoms. The summed E-state index contributed by atoms with van der Waals surface area (Å²) in [7, 11) is 0. The first-order valence-electron chi connectivity index (χ1n) is 5.11. The molecule has 3 rings (SSSR count). The molecule has 0 saturated heterocycles. The van der Waals surface area contributed by atoms with E-state index in [1.165, 1.54) is 19.3 Å². The van der Waals surface area contributed by atoms with Crippen molar-refractivity contribution in [3.05, 3.63) is 35.4 Å². The van der Waals surface area contributed by atoms with Crippen LogP contribution < -0.4 is 5.73 Å². The molecule has 0 aliphatic heterocycles. The SMILES string of the molecule is NC[C@H]1CC12Cc1ccccc1C2. The first-order chi connectivity index (χ1) is 6.34. The summed E-state index contributed by atoms with van der Waals surface area (Å²) in [6.07, 6.45) is 3.92. The quantitative estimate of drug-likeness (QED) is 0.688. The highest BCUT2D eigenvalue weighted by Gasteiger charge is 2.55. The van der Waals surface area contributed by atoms with Crippen LogP contribution in [-0.4, -0.2) is 6.54 Å². The monoisotopic (exact) mass is 173 g/mol. The van der Waals surface area contributed by atoms with Gasteiger partial charge in [0.05, 0.1) is 0 Å². The molecule has 2 aliphatic rings. The average Bonchev–Trinajstić information content (AvgIpc) is 2.69. The summed E-state index contributed by atoms with van der Waals surface area (Å²) < 4.78 is 0. The normalized spacial score (nSPS) is 27.6. The summed E-state index contributed by atoms with van der Waals surface area (Å²) in [5.41, 5.74) is 9.45. The standard InChI is InChI=1S/C12H15N/c13-8-11-7-12(11)5-9-3-1-2-4-10(9)6-12/h1-4,11H,5-8,13H2/t11-/m1/s1. The van der Waals surface area contributed by atoms with E-state index in [1.54, 1.807) is 11.1 Å². The first-order valence-corrected chi connectivity index (χ1v) is 5.11. The largest absolute Gasteiger partial charge is 0.330 e. The molecule has 1 aromatic rings. The Kier molecular flexibility index (Phi) is 1.37. The van der Waals surface area contributed by atoms with Gasteiger partial charge in [0.2, 0.25) is 0 Å². The summed E-state index contributed by atoms with van der Waals surface area (Å²) in [6, 6.07) is 8.85. The summed E-state index contributed by atoms with van der Waals surface area (Å²) in [6.45, 7) is 0.883. The Morgan fingerprint density at radius 2 is 1.85 bits per heavy atom. The van der Waals surface area contributed by atoms with Crippen LogP contribution in [0, 0.1) is 11.3 Å². The molecule has 13 heavy (non-hydrogen) atoms. The number of benzene rings is 1. The smallest absolute Gasteiger partial charge is 0.00431 e. The van der Waals surface area contributed by atoms with Crippen LogP contribution in [0.15, 0.2) is 24.3 Å². The molecule has 0 unspecified atom stereocenters. The van der Waals surface area contributed by atoms with E-state index in [2.05, 4.69) is 24.3 Å². The maximum absolute atomic E-state index is 5.72. The van der Waals surface area contributed by atoms with Crippen LogP contribution in [0.1, 0.15) is 17.5 Å². The minimum Gasteiger partial charge on any atom is -0.330 e. The van der Waals surface area contributed by atoms with E-state index in [0.717, 1.165) is 12.5 Å². The van der Waals surface area contributed by atoms with Gasteiger partial charge >= 0.3 is 0 Å². The van der Waals surface area contributed by atoms with E-state index in [4.69, 9.17) is 5.73 Å². The topological polar surface area (TPSA) is 26.0 Å². The molecule has 2 aliphatic carbocycles. The van der Waals surface area contributed by atoms with E-state index >= 15 is 0 Å². The molecule has 0 amide bonds. The van der Waals surface area contributed by atoms with Gasteiger partial charge in [-0.3, -0.25) is 0 Å². The van der Waals surface area contributed by atoms with Gasteiger partial charge in [-0.2, -0.15) is 0 Å². The molecule has 1 heteroatoms. The maximum Gasteiger partial charge on any atom is -0.00431 e. The van der Waals surface area contributed by atoms with Crippen molar-refractivity contribution in [1.82, 2.24) is 0 Å². The zero-order chi connectivity index (χ0) is 8.89. The Morgan fingerprint density at radius 1 is 1.23 bits per heavy atom. The fourth-order valence-electron chi connectivity index (χ4n) is 2.92. The molecule has 2 N–H and O–H groups in total. The third kappa shape index (κ3) is 0.969. The molecule has 1 aromatic carbocycles. The highest BCUT2D eigenvalue weighted by molar-refractivity contribution is 5.37. The van der Waals surface area contributed by atoms with Gasteiger partial charge < -0.3 is 5.73 Å². The Hall–Kier alpha value is -0.820. The number of hydrogen-bond donors (Lipinski definition) is 1. The van der Waals surface area contributed by atoms with E-state index in [1.807, 2.05) is 0 Å². The van der Waals surface area contributed by atoms with Gasteiger partial charge in [0, 0.05) is 0 Å². The highest BCUT2D eigenvalue weighted by Crippen LogP contribution is 2.59. The van der Waals surface area contributed by atoms with Crippen molar-refractivity contribution in [2.45, 2.75) is 19.3 Å². The van der Waals surface area contributed by atoms with Crippen molar-refractivity contribution in [1.29, 1.82) is 0 Å². The highest BCUT2D eigenvalue weighted by atomic mass is 14.7. The molecule has 1 fully saturated rings. The van der Waals surface area contributed by atoms with Crippen molar-refractivity contribution in [2.24, 2.45) is 17.1 Å². The summed E-state index contributed by atoms with van der Waals surface area (Å²) in [5.74, 6) is 0.805.